The molecule has 13 heavy (non-hydrogen) atoms. The van der Waals surface area contributed by atoms with Crippen LogP contribution in [0.15, 0.2) is 16.6 Å². The number of halogens is 3. The van der Waals surface area contributed by atoms with Gasteiger partial charge in [0.15, 0.2) is 0 Å². The molecule has 1 aromatic carbocycles. The highest BCUT2D eigenvalue weighted by molar-refractivity contribution is 9.10. The lowest BCUT2D eigenvalue weighted by Crippen LogP contribution is -2.42. The van der Waals surface area contributed by atoms with Crippen molar-refractivity contribution in [2.24, 2.45) is 0 Å². The molecule has 72 valence electrons. The summed E-state index contributed by atoms with van der Waals surface area (Å²) in [6.07, 6.45) is 0. The molecule has 0 atom stereocenters. The van der Waals surface area contributed by atoms with Crippen LogP contribution in [0.4, 0.5) is 8.78 Å². The largest absolute Gasteiger partial charge is 0.207 e. The molecule has 0 amide bonds. The van der Waals surface area contributed by atoms with Gasteiger partial charge in [0.05, 0.1) is 12.5 Å². The van der Waals surface area contributed by atoms with Crippen molar-refractivity contribution >= 4 is 29.2 Å². The predicted octanol–water partition coefficient (Wildman–Crippen LogP) is 3.27. The molecular weight excluding hydrogens is 254 g/mol. The molecule has 0 unspecified atom stereocenters. The van der Waals surface area contributed by atoms with Crippen molar-refractivity contribution in [3.05, 3.63) is 28.2 Å². The molecule has 0 nitrogen and oxygen atoms in total. The van der Waals surface area contributed by atoms with Crippen molar-refractivity contribution < 1.29 is 8.78 Å². The summed E-state index contributed by atoms with van der Waals surface area (Å²) in [5.41, 5.74) is 0. The van der Waals surface area contributed by atoms with Crippen molar-refractivity contribution in [1.29, 1.82) is 0 Å². The molecule has 0 bridgehead atoms. The Morgan fingerprint density at radius 1 is 1.15 bits per heavy atom. The van der Waals surface area contributed by atoms with Gasteiger partial charge in [-0.25, -0.2) is 8.78 Å². The Bertz CT molecular complexity index is 331. The number of benzene rings is 1. The fraction of sp³-hybridized carbons (Fsp3) is 0.333. The van der Waals surface area contributed by atoms with E-state index in [9.17, 15) is 8.78 Å². The Kier molecular flexibility index (Phi) is 2.92. The third kappa shape index (κ3) is 2.17. The Labute approximate surface area is 86.1 Å². The fourth-order valence-electron chi connectivity index (χ4n) is 1.21. The first kappa shape index (κ1) is 10.9. The van der Waals surface area contributed by atoms with Gasteiger partial charge < -0.3 is 0 Å². The topological polar surface area (TPSA) is 0 Å². The SMILES string of the molecule is C[Si](C)(C)c1c(F)ccc(Br)c1F. The minimum absolute atomic E-state index is 0.266. The number of rotatable bonds is 1. The molecule has 1 rings (SSSR count). The maximum Gasteiger partial charge on any atom is 0.139 e. The molecule has 0 radical (unpaired) electrons. The molecule has 4 heteroatoms. The monoisotopic (exact) mass is 264 g/mol. The second-order valence-electron chi connectivity index (χ2n) is 3.97. The summed E-state index contributed by atoms with van der Waals surface area (Å²) in [5.74, 6) is -0.876. The van der Waals surface area contributed by atoms with Crippen LogP contribution < -0.4 is 5.19 Å². The Morgan fingerprint density at radius 3 is 2.08 bits per heavy atom. The van der Waals surface area contributed by atoms with Crippen LogP contribution >= 0.6 is 15.9 Å². The van der Waals surface area contributed by atoms with E-state index in [1.807, 2.05) is 19.6 Å². The third-order valence-electron chi connectivity index (χ3n) is 1.79. The van der Waals surface area contributed by atoms with Gasteiger partial charge in [0, 0.05) is 5.19 Å². The highest BCUT2D eigenvalue weighted by Crippen LogP contribution is 2.18. The Balaban J connectivity index is 3.43. The molecule has 0 heterocycles. The van der Waals surface area contributed by atoms with E-state index in [4.69, 9.17) is 0 Å². The van der Waals surface area contributed by atoms with Gasteiger partial charge >= 0.3 is 0 Å². The lowest BCUT2D eigenvalue weighted by Gasteiger charge is -2.18. The van der Waals surface area contributed by atoms with Crippen LogP contribution in [0.3, 0.4) is 0 Å². The predicted molar refractivity (Wildman–Crippen MR) is 57.0 cm³/mol. The highest BCUT2D eigenvalue weighted by Gasteiger charge is 2.26. The summed E-state index contributed by atoms with van der Waals surface area (Å²) in [5, 5.41) is 0.266. The maximum atomic E-state index is 13.5. The van der Waals surface area contributed by atoms with E-state index in [1.54, 1.807) is 0 Å². The van der Waals surface area contributed by atoms with Crippen LogP contribution in [0, 0.1) is 11.6 Å². The molecule has 0 saturated carbocycles. The number of hydrogen-bond donors (Lipinski definition) is 0. The van der Waals surface area contributed by atoms with Gasteiger partial charge in [0.2, 0.25) is 0 Å². The average Bonchev–Trinajstić information content (AvgIpc) is 1.95. The first-order valence-corrected chi connectivity index (χ1v) is 8.27. The minimum Gasteiger partial charge on any atom is -0.207 e. The smallest absolute Gasteiger partial charge is 0.139 e. The summed E-state index contributed by atoms with van der Waals surface area (Å²) in [4.78, 5) is 0. The van der Waals surface area contributed by atoms with Gasteiger partial charge in [-0.3, -0.25) is 0 Å². The van der Waals surface area contributed by atoms with Gasteiger partial charge in [0.25, 0.3) is 0 Å². The number of hydrogen-bond acceptors (Lipinski definition) is 0. The average molecular weight is 265 g/mol. The fourth-order valence-corrected chi connectivity index (χ4v) is 3.32. The third-order valence-corrected chi connectivity index (χ3v) is 4.36. The normalized spacial score (nSPS) is 11.8. The quantitative estimate of drug-likeness (QED) is 0.540. The molecule has 0 aliphatic heterocycles. The molecule has 0 spiro atoms. The Morgan fingerprint density at radius 2 is 1.69 bits per heavy atom. The first-order valence-electron chi connectivity index (χ1n) is 3.98. The summed E-state index contributed by atoms with van der Waals surface area (Å²) >= 11 is 3.05. The van der Waals surface area contributed by atoms with Crippen LogP contribution in [0.1, 0.15) is 0 Å². The molecule has 1 aromatic rings. The summed E-state index contributed by atoms with van der Waals surface area (Å²) < 4.78 is 27.1. The van der Waals surface area contributed by atoms with Crippen LogP contribution in [0.25, 0.3) is 0 Å². The van der Waals surface area contributed by atoms with Crippen molar-refractivity contribution in [3.8, 4) is 0 Å². The summed E-state index contributed by atoms with van der Waals surface area (Å²) in [7, 11) is -1.93. The van der Waals surface area contributed by atoms with Gasteiger partial charge in [-0.15, -0.1) is 0 Å². The van der Waals surface area contributed by atoms with E-state index in [0.717, 1.165) is 0 Å². The van der Waals surface area contributed by atoms with Crippen molar-refractivity contribution in [3.63, 3.8) is 0 Å². The second-order valence-corrected chi connectivity index (χ2v) is 9.82. The van der Waals surface area contributed by atoms with Crippen LogP contribution in [-0.2, 0) is 0 Å². The zero-order valence-electron chi connectivity index (χ0n) is 7.79. The Hall–Kier alpha value is -0.223. The van der Waals surface area contributed by atoms with E-state index in [-0.39, 0.29) is 5.19 Å². The molecule has 0 N–H and O–H groups in total. The van der Waals surface area contributed by atoms with E-state index in [2.05, 4.69) is 15.9 Å². The standard InChI is InChI=1S/C9H11BrF2Si/c1-13(2,3)9-7(11)5-4-6(10)8(9)12/h4-5H,1-3H3. The second kappa shape index (κ2) is 3.50. The summed E-state index contributed by atoms with van der Waals surface area (Å²) in [6.45, 7) is 5.75. The van der Waals surface area contributed by atoms with Crippen LogP contribution in [0.2, 0.25) is 19.6 Å². The molecule has 0 fully saturated rings. The zero-order valence-corrected chi connectivity index (χ0v) is 10.4. The summed E-state index contributed by atoms with van der Waals surface area (Å²) in [6, 6.07) is 2.70. The lowest BCUT2D eigenvalue weighted by molar-refractivity contribution is 0.592. The minimum atomic E-state index is -1.93. The van der Waals surface area contributed by atoms with Gasteiger partial charge in [0.1, 0.15) is 11.6 Å². The van der Waals surface area contributed by atoms with Crippen LogP contribution in [0.5, 0.6) is 0 Å². The zero-order chi connectivity index (χ0) is 10.2. The van der Waals surface area contributed by atoms with E-state index in [0.29, 0.717) is 4.47 Å². The van der Waals surface area contributed by atoms with E-state index in [1.165, 1.54) is 12.1 Å². The first-order chi connectivity index (χ1) is 5.84. The van der Waals surface area contributed by atoms with Crippen molar-refractivity contribution in [2.75, 3.05) is 0 Å². The van der Waals surface area contributed by atoms with Gasteiger partial charge in [-0.1, -0.05) is 19.6 Å². The van der Waals surface area contributed by atoms with E-state index < -0.39 is 19.7 Å². The van der Waals surface area contributed by atoms with E-state index >= 15 is 0 Å². The van der Waals surface area contributed by atoms with Crippen molar-refractivity contribution in [2.45, 2.75) is 19.6 Å². The molecule has 0 saturated heterocycles. The van der Waals surface area contributed by atoms with Crippen LogP contribution in [-0.4, -0.2) is 8.07 Å². The highest BCUT2D eigenvalue weighted by atomic mass is 79.9. The van der Waals surface area contributed by atoms with Crippen molar-refractivity contribution in [1.82, 2.24) is 0 Å². The van der Waals surface area contributed by atoms with Gasteiger partial charge in [-0.2, -0.15) is 0 Å². The van der Waals surface area contributed by atoms with Gasteiger partial charge in [-0.05, 0) is 28.1 Å². The molecule has 0 aromatic heterocycles. The molecule has 0 aliphatic carbocycles. The lowest BCUT2D eigenvalue weighted by atomic mass is 10.3. The molecular formula is C9H11BrF2Si. The maximum absolute atomic E-state index is 13.5. The molecule has 0 aliphatic rings.